The van der Waals surface area contributed by atoms with Crippen LogP contribution in [0, 0.1) is 6.92 Å². The Morgan fingerprint density at radius 1 is 1.68 bits per heavy atom. The molecule has 1 unspecified atom stereocenters. The molecule has 1 amide bonds. The molecule has 0 aliphatic carbocycles. The van der Waals surface area contributed by atoms with Crippen molar-refractivity contribution in [3.05, 3.63) is 11.8 Å². The lowest BCUT2D eigenvalue weighted by molar-refractivity contribution is -0.117. The average Bonchev–Trinajstić information content (AvgIpc) is 2.75. The van der Waals surface area contributed by atoms with Crippen molar-refractivity contribution in [1.29, 1.82) is 0 Å². The van der Waals surface area contributed by atoms with Crippen molar-refractivity contribution in [2.24, 2.45) is 0 Å². The molecule has 1 fully saturated rings. The molecule has 0 saturated carbocycles. The van der Waals surface area contributed by atoms with Crippen LogP contribution in [0.25, 0.3) is 0 Å². The van der Waals surface area contributed by atoms with Crippen LogP contribution in [0.4, 0.5) is 5.88 Å². The molecule has 2 rings (SSSR count). The van der Waals surface area contributed by atoms with Gasteiger partial charge in [0.2, 0.25) is 11.8 Å². The number of nitrogens with zero attached hydrogens (tertiary/aromatic N) is 2. The quantitative estimate of drug-likeness (QED) is 0.772. The lowest BCUT2D eigenvalue weighted by Gasteiger charge is -2.27. The van der Waals surface area contributed by atoms with E-state index in [9.17, 15) is 4.79 Å². The second kappa shape index (κ2) is 6.65. The third kappa shape index (κ3) is 4.62. The number of rotatable bonds is 5. The Hall–Kier alpha value is -1.44. The lowest BCUT2D eigenvalue weighted by atomic mass is 10.3. The van der Waals surface area contributed by atoms with Crippen molar-refractivity contribution in [3.63, 3.8) is 0 Å². The largest absolute Gasteiger partial charge is 0.374 e. The molecule has 1 aromatic heterocycles. The molecule has 0 aromatic carbocycles. The molecule has 19 heavy (non-hydrogen) atoms. The number of morpholine rings is 1. The molecule has 1 atom stereocenters. The maximum atomic E-state index is 11.8. The number of ether oxygens (including phenoxy) is 1. The third-order valence-corrected chi connectivity index (χ3v) is 2.82. The minimum atomic E-state index is -0.123. The molecule has 2 heterocycles. The van der Waals surface area contributed by atoms with Gasteiger partial charge < -0.3 is 14.6 Å². The van der Waals surface area contributed by atoms with Crippen molar-refractivity contribution < 1.29 is 14.1 Å². The third-order valence-electron chi connectivity index (χ3n) is 2.82. The summed E-state index contributed by atoms with van der Waals surface area (Å²) < 4.78 is 10.5. The number of likely N-dealkylation sites (N-methyl/N-ethyl adjacent to an activating group) is 1. The number of anilines is 1. The summed E-state index contributed by atoms with van der Waals surface area (Å²) in [4.78, 5) is 13.7. The van der Waals surface area contributed by atoms with Gasteiger partial charge in [-0.25, -0.2) is 0 Å². The van der Waals surface area contributed by atoms with Crippen LogP contribution in [0.15, 0.2) is 10.6 Å². The van der Waals surface area contributed by atoms with Gasteiger partial charge in [0.05, 0.1) is 24.9 Å². The molecule has 7 nitrogen and oxygen atoms in total. The van der Waals surface area contributed by atoms with Crippen LogP contribution in [0.5, 0.6) is 0 Å². The maximum absolute atomic E-state index is 11.8. The molecule has 1 aromatic rings. The highest BCUT2D eigenvalue weighted by atomic mass is 16.5. The van der Waals surface area contributed by atoms with Crippen LogP contribution in [0.2, 0.25) is 0 Å². The predicted molar refractivity (Wildman–Crippen MR) is 70.0 cm³/mol. The Morgan fingerprint density at radius 3 is 3.16 bits per heavy atom. The first kappa shape index (κ1) is 14.0. The first-order valence-corrected chi connectivity index (χ1v) is 6.37. The topological polar surface area (TPSA) is 79.6 Å². The fourth-order valence-electron chi connectivity index (χ4n) is 1.99. The highest BCUT2D eigenvalue weighted by Gasteiger charge is 2.17. The first-order chi connectivity index (χ1) is 9.13. The summed E-state index contributed by atoms with van der Waals surface area (Å²) in [6, 6.07) is 1.69. The zero-order valence-electron chi connectivity index (χ0n) is 11.3. The van der Waals surface area contributed by atoms with Crippen molar-refractivity contribution >= 4 is 11.8 Å². The van der Waals surface area contributed by atoms with Gasteiger partial charge in [0.1, 0.15) is 0 Å². The Labute approximate surface area is 112 Å². The number of nitrogens with one attached hydrogen (secondary N) is 2. The molecule has 1 aliphatic rings. The molecular formula is C12H20N4O3. The van der Waals surface area contributed by atoms with Crippen LogP contribution in [-0.2, 0) is 9.53 Å². The van der Waals surface area contributed by atoms with Gasteiger partial charge in [-0.3, -0.25) is 15.0 Å². The van der Waals surface area contributed by atoms with Crippen LogP contribution in [0.3, 0.4) is 0 Å². The predicted octanol–water partition coefficient (Wildman–Crippen LogP) is -0.158. The number of amides is 1. The number of carbonyl (C=O) groups is 1. The van der Waals surface area contributed by atoms with E-state index in [0.29, 0.717) is 12.4 Å². The molecule has 106 valence electrons. The van der Waals surface area contributed by atoms with Crippen molar-refractivity contribution in [2.75, 3.05) is 45.2 Å². The van der Waals surface area contributed by atoms with Crippen LogP contribution in [-0.4, -0.2) is 61.9 Å². The van der Waals surface area contributed by atoms with Gasteiger partial charge in [0.25, 0.3) is 0 Å². The van der Waals surface area contributed by atoms with Crippen LogP contribution < -0.4 is 10.6 Å². The SMILES string of the molecule is Cc1cc(NC(=O)CN(C)CC2CNCCO2)on1. The normalized spacial score (nSPS) is 19.6. The first-order valence-electron chi connectivity index (χ1n) is 6.37. The lowest BCUT2D eigenvalue weighted by Crippen LogP contribution is -2.45. The Morgan fingerprint density at radius 2 is 2.53 bits per heavy atom. The van der Waals surface area contributed by atoms with Gasteiger partial charge in [-0.05, 0) is 14.0 Å². The summed E-state index contributed by atoms with van der Waals surface area (Å²) in [5.41, 5.74) is 0.741. The second-order valence-electron chi connectivity index (χ2n) is 4.77. The Balaban J connectivity index is 1.71. The van der Waals surface area contributed by atoms with Crippen molar-refractivity contribution in [1.82, 2.24) is 15.4 Å². The van der Waals surface area contributed by atoms with Gasteiger partial charge in [0.15, 0.2) is 0 Å². The van der Waals surface area contributed by atoms with Gasteiger partial charge in [-0.1, -0.05) is 5.16 Å². The maximum Gasteiger partial charge on any atom is 0.240 e. The minimum absolute atomic E-state index is 0.123. The minimum Gasteiger partial charge on any atom is -0.374 e. The van der Waals surface area contributed by atoms with E-state index < -0.39 is 0 Å². The van der Waals surface area contributed by atoms with Crippen molar-refractivity contribution in [3.8, 4) is 0 Å². The zero-order valence-corrected chi connectivity index (χ0v) is 11.3. The standard InChI is InChI=1S/C12H20N4O3/c1-9-5-12(19-15-9)14-11(17)8-16(2)7-10-6-13-3-4-18-10/h5,10,13H,3-4,6-8H2,1-2H3,(H,14,17). The number of aromatic nitrogens is 1. The van der Waals surface area contributed by atoms with Crippen LogP contribution >= 0.6 is 0 Å². The molecule has 2 N–H and O–H groups in total. The van der Waals surface area contributed by atoms with Gasteiger partial charge in [0, 0.05) is 25.7 Å². The Bertz CT molecular complexity index is 415. The van der Waals surface area contributed by atoms with E-state index in [4.69, 9.17) is 9.26 Å². The fourth-order valence-corrected chi connectivity index (χ4v) is 1.99. The number of hydrogen-bond acceptors (Lipinski definition) is 6. The van der Waals surface area contributed by atoms with Crippen LogP contribution in [0.1, 0.15) is 5.69 Å². The number of hydrogen-bond donors (Lipinski definition) is 2. The second-order valence-corrected chi connectivity index (χ2v) is 4.77. The van der Waals surface area contributed by atoms with E-state index in [2.05, 4.69) is 15.8 Å². The zero-order chi connectivity index (χ0) is 13.7. The van der Waals surface area contributed by atoms with Gasteiger partial charge >= 0.3 is 0 Å². The highest BCUT2D eigenvalue weighted by Crippen LogP contribution is 2.08. The monoisotopic (exact) mass is 268 g/mol. The summed E-state index contributed by atoms with van der Waals surface area (Å²) in [5.74, 6) is 0.258. The summed E-state index contributed by atoms with van der Waals surface area (Å²) in [6.45, 7) is 5.26. The van der Waals surface area contributed by atoms with E-state index in [1.165, 1.54) is 0 Å². The fraction of sp³-hybridized carbons (Fsp3) is 0.667. The summed E-state index contributed by atoms with van der Waals surface area (Å²) >= 11 is 0. The smallest absolute Gasteiger partial charge is 0.240 e. The van der Waals surface area contributed by atoms with Gasteiger partial charge in [-0.15, -0.1) is 0 Å². The molecule has 1 saturated heterocycles. The summed E-state index contributed by atoms with van der Waals surface area (Å²) in [6.07, 6.45) is 0.138. The van der Waals surface area contributed by atoms with E-state index in [-0.39, 0.29) is 12.0 Å². The molecule has 1 aliphatic heterocycles. The highest BCUT2D eigenvalue weighted by molar-refractivity contribution is 5.90. The Kier molecular flexibility index (Phi) is 4.89. The summed E-state index contributed by atoms with van der Waals surface area (Å²) in [7, 11) is 1.89. The van der Waals surface area contributed by atoms with Gasteiger partial charge in [-0.2, -0.15) is 0 Å². The molecule has 0 spiro atoms. The number of aryl methyl sites for hydroxylation is 1. The van der Waals surface area contributed by atoms with E-state index in [1.54, 1.807) is 13.0 Å². The van der Waals surface area contributed by atoms with E-state index in [0.717, 1.165) is 31.9 Å². The summed E-state index contributed by atoms with van der Waals surface area (Å²) in [5, 5.41) is 9.64. The van der Waals surface area contributed by atoms with E-state index in [1.807, 2.05) is 11.9 Å². The molecule has 0 radical (unpaired) electrons. The molecule has 0 bridgehead atoms. The molecule has 7 heteroatoms. The number of carbonyl (C=O) groups excluding carboxylic acids is 1. The van der Waals surface area contributed by atoms with Crippen molar-refractivity contribution in [2.45, 2.75) is 13.0 Å². The molecular weight excluding hydrogens is 248 g/mol. The van der Waals surface area contributed by atoms with E-state index >= 15 is 0 Å². The average molecular weight is 268 g/mol.